The molecule has 1 heterocycles. The monoisotopic (exact) mass is 392 g/mol. The van der Waals surface area contributed by atoms with Gasteiger partial charge in [-0.3, -0.25) is 0 Å². The van der Waals surface area contributed by atoms with Gasteiger partial charge in [0.2, 0.25) is 11.8 Å². The van der Waals surface area contributed by atoms with Gasteiger partial charge in [0, 0.05) is 11.1 Å². The molecule has 30 heavy (non-hydrogen) atoms. The van der Waals surface area contributed by atoms with Gasteiger partial charge in [-0.2, -0.15) is 0 Å². The molecule has 0 aliphatic rings. The predicted molar refractivity (Wildman–Crippen MR) is 114 cm³/mol. The molecule has 1 aromatic heterocycles. The first-order chi connectivity index (χ1) is 14.8. The Morgan fingerprint density at radius 3 is 2.03 bits per heavy atom. The van der Waals surface area contributed by atoms with Crippen molar-refractivity contribution in [1.82, 2.24) is 10.2 Å². The lowest BCUT2D eigenvalue weighted by molar-refractivity contribution is 0.0735. The maximum atomic E-state index is 12.5. The number of carbonyl (C=O) groups excluding carboxylic acids is 1. The number of hydrogen-bond donors (Lipinski definition) is 0. The molecule has 0 saturated carbocycles. The summed E-state index contributed by atoms with van der Waals surface area (Å²) in [5.74, 6) is 0.924. The number of fused-ring (bicyclic) bond motifs is 1. The van der Waals surface area contributed by atoms with Crippen molar-refractivity contribution in [3.8, 4) is 28.7 Å². The van der Waals surface area contributed by atoms with Crippen LogP contribution in [-0.4, -0.2) is 16.2 Å². The summed E-state index contributed by atoms with van der Waals surface area (Å²) >= 11 is 0. The van der Waals surface area contributed by atoms with Gasteiger partial charge in [0.15, 0.2) is 0 Å². The van der Waals surface area contributed by atoms with Gasteiger partial charge in [-0.1, -0.05) is 48.5 Å². The summed E-state index contributed by atoms with van der Waals surface area (Å²) in [5, 5.41) is 10.3. The van der Waals surface area contributed by atoms with Crippen molar-refractivity contribution in [2.45, 2.75) is 0 Å². The lowest BCUT2D eigenvalue weighted by Gasteiger charge is -2.06. The zero-order valence-electron chi connectivity index (χ0n) is 15.9. The van der Waals surface area contributed by atoms with E-state index in [1.165, 1.54) is 0 Å². The van der Waals surface area contributed by atoms with E-state index in [1.54, 1.807) is 30.3 Å². The maximum Gasteiger partial charge on any atom is 0.343 e. The lowest BCUT2D eigenvalue weighted by Crippen LogP contribution is -2.08. The van der Waals surface area contributed by atoms with Crippen LogP contribution in [0, 0.1) is 0 Å². The van der Waals surface area contributed by atoms with Crippen LogP contribution in [0.2, 0.25) is 0 Å². The van der Waals surface area contributed by atoms with Crippen LogP contribution >= 0.6 is 0 Å². The first kappa shape index (κ1) is 17.8. The molecule has 0 spiro atoms. The Balaban J connectivity index is 1.33. The Hall–Kier alpha value is -4.25. The number of rotatable bonds is 4. The van der Waals surface area contributed by atoms with Crippen molar-refractivity contribution >= 4 is 16.7 Å². The lowest BCUT2D eigenvalue weighted by atomic mass is 10.1. The Morgan fingerprint density at radius 2 is 1.30 bits per heavy atom. The number of aromatic nitrogens is 2. The van der Waals surface area contributed by atoms with Crippen molar-refractivity contribution in [1.29, 1.82) is 0 Å². The molecule has 0 N–H and O–H groups in total. The van der Waals surface area contributed by atoms with E-state index in [1.807, 2.05) is 66.7 Å². The Labute approximate surface area is 172 Å². The van der Waals surface area contributed by atoms with Crippen LogP contribution in [0.25, 0.3) is 33.7 Å². The van der Waals surface area contributed by atoms with Gasteiger partial charge >= 0.3 is 5.97 Å². The van der Waals surface area contributed by atoms with E-state index in [0.29, 0.717) is 23.1 Å². The summed E-state index contributed by atoms with van der Waals surface area (Å²) in [5.41, 5.74) is 2.02. The van der Waals surface area contributed by atoms with Crippen LogP contribution in [0.1, 0.15) is 10.4 Å². The van der Waals surface area contributed by atoms with Gasteiger partial charge in [-0.15, -0.1) is 10.2 Å². The summed E-state index contributed by atoms with van der Waals surface area (Å²) in [6.45, 7) is 0. The van der Waals surface area contributed by atoms with E-state index >= 15 is 0 Å². The molecule has 4 aromatic carbocycles. The van der Waals surface area contributed by atoms with Crippen molar-refractivity contribution in [2.24, 2.45) is 0 Å². The zero-order chi connectivity index (χ0) is 20.3. The van der Waals surface area contributed by atoms with E-state index in [4.69, 9.17) is 9.15 Å². The SMILES string of the molecule is O=C(Oc1ccc2ccccc2c1)c1ccc(-c2nnc(-c3ccccc3)o2)cc1. The fourth-order valence-corrected chi connectivity index (χ4v) is 3.18. The Bertz CT molecular complexity index is 1330. The fraction of sp³-hybridized carbons (Fsp3) is 0. The first-order valence-electron chi connectivity index (χ1n) is 9.47. The third-order valence-electron chi connectivity index (χ3n) is 4.74. The van der Waals surface area contributed by atoms with Gasteiger partial charge in [0.05, 0.1) is 5.56 Å². The van der Waals surface area contributed by atoms with Crippen LogP contribution < -0.4 is 4.74 Å². The van der Waals surface area contributed by atoms with Crippen LogP contribution in [0.4, 0.5) is 0 Å². The van der Waals surface area contributed by atoms with Crippen molar-refractivity contribution in [2.75, 3.05) is 0 Å². The van der Waals surface area contributed by atoms with Crippen molar-refractivity contribution in [3.05, 3.63) is 103 Å². The number of ether oxygens (including phenoxy) is 1. The quantitative estimate of drug-likeness (QED) is 0.287. The summed E-state index contributed by atoms with van der Waals surface area (Å²) in [4.78, 5) is 12.5. The third kappa shape index (κ3) is 3.56. The van der Waals surface area contributed by atoms with Crippen LogP contribution in [0.5, 0.6) is 5.75 Å². The van der Waals surface area contributed by atoms with Crippen LogP contribution in [0.3, 0.4) is 0 Å². The summed E-state index contributed by atoms with van der Waals surface area (Å²) in [6.07, 6.45) is 0. The molecule has 0 bridgehead atoms. The minimum absolute atomic E-state index is 0.392. The molecule has 0 atom stereocenters. The molecule has 0 aliphatic heterocycles. The number of carbonyl (C=O) groups is 1. The largest absolute Gasteiger partial charge is 0.423 e. The number of nitrogens with zero attached hydrogens (tertiary/aromatic N) is 2. The van der Waals surface area contributed by atoms with Crippen molar-refractivity contribution in [3.63, 3.8) is 0 Å². The predicted octanol–water partition coefficient (Wildman–Crippen LogP) is 5.78. The molecule has 0 aliphatic carbocycles. The standard InChI is InChI=1S/C25H16N2O3/c28-25(29-22-15-14-17-6-4-5-9-21(17)16-22)20-12-10-19(11-13-20)24-27-26-23(30-24)18-7-2-1-3-8-18/h1-16H. The molecular weight excluding hydrogens is 376 g/mol. The molecule has 5 aromatic rings. The second-order valence-electron chi connectivity index (χ2n) is 6.75. The molecular formula is C25H16N2O3. The van der Waals surface area contributed by atoms with Crippen LogP contribution in [-0.2, 0) is 0 Å². The second kappa shape index (κ2) is 7.64. The topological polar surface area (TPSA) is 65.2 Å². The first-order valence-corrected chi connectivity index (χ1v) is 9.47. The highest BCUT2D eigenvalue weighted by Gasteiger charge is 2.13. The third-order valence-corrected chi connectivity index (χ3v) is 4.74. The smallest absolute Gasteiger partial charge is 0.343 e. The van der Waals surface area contributed by atoms with Gasteiger partial charge < -0.3 is 9.15 Å². The Morgan fingerprint density at radius 1 is 0.667 bits per heavy atom. The summed E-state index contributed by atoms with van der Waals surface area (Å²) in [7, 11) is 0. The Kier molecular flexibility index (Phi) is 4.54. The molecule has 5 rings (SSSR count). The van der Waals surface area contributed by atoms with E-state index < -0.39 is 5.97 Å². The van der Waals surface area contributed by atoms with Gasteiger partial charge in [0.1, 0.15) is 5.75 Å². The number of esters is 1. The molecule has 0 unspecified atom stereocenters. The van der Waals surface area contributed by atoms with E-state index in [9.17, 15) is 4.79 Å². The molecule has 0 fully saturated rings. The number of benzene rings is 4. The average molecular weight is 392 g/mol. The van der Waals surface area contributed by atoms with Gasteiger partial charge in [-0.25, -0.2) is 4.79 Å². The summed E-state index contributed by atoms with van der Waals surface area (Å²) in [6, 6.07) is 30.0. The minimum Gasteiger partial charge on any atom is -0.423 e. The number of hydrogen-bond acceptors (Lipinski definition) is 5. The minimum atomic E-state index is -0.424. The second-order valence-corrected chi connectivity index (χ2v) is 6.75. The van der Waals surface area contributed by atoms with E-state index in [-0.39, 0.29) is 0 Å². The maximum absolute atomic E-state index is 12.5. The van der Waals surface area contributed by atoms with Gasteiger partial charge in [-0.05, 0) is 59.3 Å². The molecule has 0 saturated heterocycles. The molecule has 144 valence electrons. The zero-order valence-corrected chi connectivity index (χ0v) is 15.9. The van der Waals surface area contributed by atoms with E-state index in [2.05, 4.69) is 10.2 Å². The highest BCUT2D eigenvalue weighted by Crippen LogP contribution is 2.25. The normalized spacial score (nSPS) is 10.8. The molecule has 0 amide bonds. The van der Waals surface area contributed by atoms with E-state index in [0.717, 1.165) is 21.9 Å². The van der Waals surface area contributed by atoms with Crippen molar-refractivity contribution < 1.29 is 13.9 Å². The average Bonchev–Trinajstić information content (AvgIpc) is 3.30. The van der Waals surface area contributed by atoms with Gasteiger partial charge in [0.25, 0.3) is 0 Å². The highest BCUT2D eigenvalue weighted by molar-refractivity contribution is 5.92. The molecule has 5 nitrogen and oxygen atoms in total. The highest BCUT2D eigenvalue weighted by atomic mass is 16.5. The molecule has 5 heteroatoms. The molecule has 0 radical (unpaired) electrons. The summed E-state index contributed by atoms with van der Waals surface area (Å²) < 4.78 is 11.3. The fourth-order valence-electron chi connectivity index (χ4n) is 3.18. The van der Waals surface area contributed by atoms with Crippen LogP contribution in [0.15, 0.2) is 101 Å².